The van der Waals surface area contributed by atoms with Gasteiger partial charge in [0.05, 0.1) is 44.1 Å². The van der Waals surface area contributed by atoms with Crippen LogP contribution >= 0.6 is 12.2 Å². The molecule has 1 aliphatic heterocycles. The van der Waals surface area contributed by atoms with Gasteiger partial charge >= 0.3 is 23.9 Å². The average Bonchev–Trinajstić information content (AvgIpc) is 2.85. The normalized spacial score (nSPS) is 16.7. The monoisotopic (exact) mass is 567 g/mol. The Morgan fingerprint density at radius 3 is 1.54 bits per heavy atom. The molecule has 0 atom stereocenters. The van der Waals surface area contributed by atoms with Gasteiger partial charge in [-0.1, -0.05) is 0 Å². The van der Waals surface area contributed by atoms with Crippen molar-refractivity contribution in [2.75, 3.05) is 85.6 Å². The Hall–Kier alpha value is -3.46. The fourth-order valence-electron chi connectivity index (χ4n) is 3.99. The van der Waals surface area contributed by atoms with Crippen molar-refractivity contribution in [1.82, 2.24) is 19.6 Å². The Balaban J connectivity index is 2.19. The van der Waals surface area contributed by atoms with Gasteiger partial charge < -0.3 is 24.8 Å². The van der Waals surface area contributed by atoms with Crippen molar-refractivity contribution in [2.45, 2.75) is 0 Å². The van der Waals surface area contributed by atoms with Gasteiger partial charge in [0, 0.05) is 58.4 Å². The van der Waals surface area contributed by atoms with E-state index in [0.29, 0.717) is 11.4 Å². The predicted octanol–water partition coefficient (Wildman–Crippen LogP) is -0.190. The SMILES string of the molecule is COc1ccc(N=C=S)cc1OC(=O)CN1CCN(CC(=O)O)CCN(CC(=O)O)CCN(CC(=O)O)CC1. The molecule has 0 radical (unpaired) electrons. The first-order valence-electron chi connectivity index (χ1n) is 12.1. The van der Waals surface area contributed by atoms with Crippen LogP contribution in [0.4, 0.5) is 5.69 Å². The number of esters is 1. The molecule has 1 aliphatic rings. The van der Waals surface area contributed by atoms with Crippen molar-refractivity contribution >= 4 is 46.9 Å². The molecule has 15 heteroatoms. The van der Waals surface area contributed by atoms with Gasteiger partial charge in [-0.2, -0.15) is 4.99 Å². The van der Waals surface area contributed by atoms with E-state index in [2.05, 4.69) is 22.4 Å². The van der Waals surface area contributed by atoms with Crippen molar-refractivity contribution in [3.63, 3.8) is 0 Å². The third-order valence-electron chi connectivity index (χ3n) is 5.90. The molecular weight excluding hydrogens is 534 g/mol. The number of methoxy groups -OCH3 is 1. The molecule has 0 aliphatic carbocycles. The lowest BCUT2D eigenvalue weighted by atomic mass is 10.3. The van der Waals surface area contributed by atoms with Gasteiger partial charge in [-0.25, -0.2) is 0 Å². The number of carboxylic acids is 3. The highest BCUT2D eigenvalue weighted by atomic mass is 32.1. The minimum absolute atomic E-state index is 0.141. The summed E-state index contributed by atoms with van der Waals surface area (Å²) in [6.07, 6.45) is 0. The molecule has 0 aromatic heterocycles. The van der Waals surface area contributed by atoms with Crippen LogP contribution in [-0.4, -0.2) is 150 Å². The Morgan fingerprint density at radius 1 is 0.769 bits per heavy atom. The molecule has 1 saturated heterocycles. The van der Waals surface area contributed by atoms with Gasteiger partial charge in [0.1, 0.15) is 0 Å². The number of hydrogen-bond donors (Lipinski definition) is 3. The Bertz CT molecular complexity index is 1030. The lowest BCUT2D eigenvalue weighted by Gasteiger charge is -2.32. The first-order valence-corrected chi connectivity index (χ1v) is 12.5. The Labute approximate surface area is 231 Å². The molecule has 0 saturated carbocycles. The number of carbonyl (C=O) groups excluding carboxylic acids is 1. The number of benzene rings is 1. The number of nitrogens with zero attached hydrogens (tertiary/aromatic N) is 5. The van der Waals surface area contributed by atoms with Crippen LogP contribution in [0.5, 0.6) is 11.5 Å². The standard InChI is InChI=1S/C24H33N5O9S/c1-37-19-3-2-18(25-17-39)12-20(19)38-24(36)16-29-10-8-27(14-22(32)33)6-4-26(13-21(30)31)5-7-28(9-11-29)15-23(34)35/h2-3,12H,4-11,13-16H2,1H3,(H,30,31)(H,32,33)(H,34,35). The second kappa shape index (κ2) is 16.5. The summed E-state index contributed by atoms with van der Waals surface area (Å²) in [6.45, 7) is 1.33. The van der Waals surface area contributed by atoms with Gasteiger partial charge in [0.25, 0.3) is 0 Å². The second-order valence-corrected chi connectivity index (χ2v) is 8.98. The molecule has 214 valence electrons. The molecule has 1 fully saturated rings. The zero-order valence-corrected chi connectivity index (χ0v) is 22.5. The van der Waals surface area contributed by atoms with Crippen LogP contribution in [0, 0.1) is 0 Å². The summed E-state index contributed by atoms with van der Waals surface area (Å²) in [6, 6.07) is 4.68. The molecule has 0 spiro atoms. The second-order valence-electron chi connectivity index (χ2n) is 8.80. The minimum atomic E-state index is -1.03. The lowest BCUT2D eigenvalue weighted by molar-refractivity contribution is -0.141. The molecule has 1 heterocycles. The number of isothiocyanates is 1. The van der Waals surface area contributed by atoms with Crippen LogP contribution in [0.15, 0.2) is 23.2 Å². The van der Waals surface area contributed by atoms with Crippen molar-refractivity contribution in [3.05, 3.63) is 18.2 Å². The van der Waals surface area contributed by atoms with Crippen molar-refractivity contribution in [2.24, 2.45) is 4.99 Å². The summed E-state index contributed by atoms with van der Waals surface area (Å²) >= 11 is 4.62. The van der Waals surface area contributed by atoms with Crippen molar-refractivity contribution in [1.29, 1.82) is 0 Å². The summed E-state index contributed by atoms with van der Waals surface area (Å²) in [5.74, 6) is -3.25. The van der Waals surface area contributed by atoms with E-state index < -0.39 is 23.9 Å². The molecular formula is C24H33N5O9S. The first-order chi connectivity index (χ1) is 18.6. The Morgan fingerprint density at radius 2 is 1.18 bits per heavy atom. The van der Waals surface area contributed by atoms with Crippen LogP contribution in [0.1, 0.15) is 0 Å². The third-order valence-corrected chi connectivity index (χ3v) is 6.00. The van der Waals surface area contributed by atoms with Crippen molar-refractivity contribution in [3.8, 4) is 11.5 Å². The number of carboxylic acid groups (broad SMARTS) is 3. The molecule has 39 heavy (non-hydrogen) atoms. The molecule has 3 N–H and O–H groups in total. The highest BCUT2D eigenvalue weighted by Crippen LogP contribution is 2.31. The van der Waals surface area contributed by atoms with E-state index >= 15 is 0 Å². The number of hydrogen-bond acceptors (Lipinski definition) is 12. The maximum absolute atomic E-state index is 12.9. The van der Waals surface area contributed by atoms with E-state index in [1.807, 2.05) is 0 Å². The summed E-state index contributed by atoms with van der Waals surface area (Å²) < 4.78 is 10.8. The maximum Gasteiger partial charge on any atom is 0.325 e. The van der Waals surface area contributed by atoms with E-state index in [4.69, 9.17) is 9.47 Å². The summed E-state index contributed by atoms with van der Waals surface area (Å²) in [5.41, 5.74) is 0.422. The fraction of sp³-hybridized carbons (Fsp3) is 0.542. The fourth-order valence-corrected chi connectivity index (χ4v) is 4.10. The van der Waals surface area contributed by atoms with E-state index in [1.165, 1.54) is 13.2 Å². The molecule has 0 bridgehead atoms. The van der Waals surface area contributed by atoms with Crippen LogP contribution in [0.3, 0.4) is 0 Å². The van der Waals surface area contributed by atoms with E-state index in [1.54, 1.807) is 31.7 Å². The average molecular weight is 568 g/mol. The summed E-state index contributed by atoms with van der Waals surface area (Å²) in [5, 5.41) is 30.2. The van der Waals surface area contributed by atoms with Gasteiger partial charge in [0.2, 0.25) is 0 Å². The third kappa shape index (κ3) is 12.3. The smallest absolute Gasteiger partial charge is 0.325 e. The van der Waals surface area contributed by atoms with E-state index in [9.17, 15) is 34.5 Å². The van der Waals surface area contributed by atoms with Crippen molar-refractivity contribution < 1.29 is 44.0 Å². The predicted molar refractivity (Wildman–Crippen MR) is 142 cm³/mol. The molecule has 2 rings (SSSR count). The molecule has 14 nitrogen and oxygen atoms in total. The summed E-state index contributed by atoms with van der Waals surface area (Å²) in [4.78, 5) is 57.6. The quantitative estimate of drug-likeness (QED) is 0.139. The molecule has 0 amide bonds. The van der Waals surface area contributed by atoms with Crippen LogP contribution < -0.4 is 9.47 Å². The van der Waals surface area contributed by atoms with Gasteiger partial charge in [0.15, 0.2) is 11.5 Å². The van der Waals surface area contributed by atoms with E-state index in [0.717, 1.165) is 0 Å². The van der Waals surface area contributed by atoms with Gasteiger partial charge in [-0.05, 0) is 24.4 Å². The molecule has 1 aromatic carbocycles. The molecule has 0 unspecified atom stereocenters. The number of carbonyl (C=O) groups is 4. The number of ether oxygens (including phenoxy) is 2. The largest absolute Gasteiger partial charge is 0.493 e. The first kappa shape index (κ1) is 31.8. The van der Waals surface area contributed by atoms with Crippen LogP contribution in [0.2, 0.25) is 0 Å². The minimum Gasteiger partial charge on any atom is -0.493 e. The van der Waals surface area contributed by atoms with E-state index in [-0.39, 0.29) is 84.3 Å². The highest BCUT2D eigenvalue weighted by molar-refractivity contribution is 7.78. The highest BCUT2D eigenvalue weighted by Gasteiger charge is 2.22. The van der Waals surface area contributed by atoms with Crippen LogP contribution in [-0.2, 0) is 19.2 Å². The zero-order chi connectivity index (χ0) is 28.8. The number of aliphatic imine (C=N–C) groups is 1. The zero-order valence-electron chi connectivity index (χ0n) is 21.7. The summed E-state index contributed by atoms with van der Waals surface area (Å²) in [7, 11) is 1.43. The Kier molecular flexibility index (Phi) is 13.4. The van der Waals surface area contributed by atoms with Gasteiger partial charge in [-0.3, -0.25) is 38.8 Å². The maximum atomic E-state index is 12.9. The topological polar surface area (TPSA) is 173 Å². The van der Waals surface area contributed by atoms with Crippen LogP contribution in [0.25, 0.3) is 0 Å². The number of thiocarbonyl (C=S) groups is 1. The van der Waals surface area contributed by atoms with Gasteiger partial charge in [-0.15, -0.1) is 0 Å². The lowest BCUT2D eigenvalue weighted by Crippen LogP contribution is -2.49. The number of aliphatic carboxylic acids is 3. The molecule has 1 aromatic rings. The number of rotatable bonds is 11.